The molecule has 3 aromatic rings. The molecule has 3 aromatic heterocycles. The highest BCUT2D eigenvalue weighted by Crippen LogP contribution is 2.15. The Hall–Kier alpha value is -3.56. The van der Waals surface area contributed by atoms with E-state index in [4.69, 9.17) is 0 Å². The van der Waals surface area contributed by atoms with E-state index in [1.165, 1.54) is 10.7 Å². The van der Waals surface area contributed by atoms with Crippen LogP contribution in [0.25, 0.3) is 5.82 Å². The molecular weight excluding hydrogens is 372 g/mol. The van der Waals surface area contributed by atoms with E-state index in [0.717, 1.165) is 11.6 Å². The summed E-state index contributed by atoms with van der Waals surface area (Å²) in [6, 6.07) is 6.91. The number of rotatable bonds is 4. The molecule has 0 spiro atoms. The van der Waals surface area contributed by atoms with E-state index in [1.54, 1.807) is 24.1 Å². The van der Waals surface area contributed by atoms with Crippen LogP contribution in [0.3, 0.4) is 0 Å². The number of hydrogen-bond donors (Lipinski definition) is 0. The Balaban J connectivity index is 1.36. The van der Waals surface area contributed by atoms with Gasteiger partial charge in [0.2, 0.25) is 5.91 Å². The number of imidazole rings is 1. The van der Waals surface area contributed by atoms with Crippen LogP contribution < -0.4 is 10.5 Å². The van der Waals surface area contributed by atoms with Crippen molar-refractivity contribution < 1.29 is 4.79 Å². The third-order valence-corrected chi connectivity index (χ3v) is 4.95. The number of hydrogen-bond acceptors (Lipinski definition) is 7. The quantitative estimate of drug-likeness (QED) is 0.622. The largest absolute Gasteiger partial charge is 0.352 e. The van der Waals surface area contributed by atoms with Crippen molar-refractivity contribution in [3.63, 3.8) is 0 Å². The zero-order chi connectivity index (χ0) is 20.4. The Bertz CT molecular complexity index is 1060. The van der Waals surface area contributed by atoms with E-state index in [9.17, 15) is 9.59 Å². The lowest BCUT2D eigenvalue weighted by Gasteiger charge is -2.35. The molecule has 4 heterocycles. The summed E-state index contributed by atoms with van der Waals surface area (Å²) in [6.45, 7) is 6.08. The molecule has 150 valence electrons. The highest BCUT2D eigenvalue weighted by atomic mass is 16.2. The number of aromatic nitrogens is 6. The Morgan fingerprint density at radius 2 is 1.72 bits per heavy atom. The van der Waals surface area contributed by atoms with Gasteiger partial charge in [-0.15, -0.1) is 10.2 Å². The molecule has 0 atom stereocenters. The van der Waals surface area contributed by atoms with E-state index >= 15 is 0 Å². The fourth-order valence-electron chi connectivity index (χ4n) is 3.31. The molecule has 1 amide bonds. The first kappa shape index (κ1) is 18.8. The molecule has 10 nitrogen and oxygen atoms in total. The van der Waals surface area contributed by atoms with E-state index in [1.807, 2.05) is 29.8 Å². The Morgan fingerprint density at radius 1 is 1.00 bits per heavy atom. The standard InChI is InChI=1S/C19H22N8O2/c1-14-3-6-18(28)27(23-14)13-19(29)25-11-9-24(10-12-25)16-4-5-17(22-21-16)26-8-7-20-15(26)2/h3-8H,9-13H2,1-2H3. The second kappa shape index (κ2) is 7.82. The lowest BCUT2D eigenvalue weighted by Crippen LogP contribution is -2.50. The molecule has 0 bridgehead atoms. The number of amides is 1. The van der Waals surface area contributed by atoms with Gasteiger partial charge < -0.3 is 9.80 Å². The molecule has 1 fully saturated rings. The Kier molecular flexibility index (Phi) is 5.07. The van der Waals surface area contributed by atoms with Gasteiger partial charge in [-0.05, 0) is 32.0 Å². The van der Waals surface area contributed by atoms with Gasteiger partial charge in [0.25, 0.3) is 5.56 Å². The molecule has 4 rings (SSSR count). The van der Waals surface area contributed by atoms with Crippen molar-refractivity contribution in [3.8, 4) is 5.82 Å². The summed E-state index contributed by atoms with van der Waals surface area (Å²) in [5, 5.41) is 12.7. The summed E-state index contributed by atoms with van der Waals surface area (Å²) >= 11 is 0. The van der Waals surface area contributed by atoms with E-state index in [-0.39, 0.29) is 18.0 Å². The Morgan fingerprint density at radius 3 is 2.38 bits per heavy atom. The van der Waals surface area contributed by atoms with Crippen LogP contribution in [0.2, 0.25) is 0 Å². The average Bonchev–Trinajstić information content (AvgIpc) is 3.17. The van der Waals surface area contributed by atoms with Crippen molar-refractivity contribution in [1.29, 1.82) is 0 Å². The minimum atomic E-state index is -0.272. The average molecular weight is 394 g/mol. The number of carbonyl (C=O) groups is 1. The smallest absolute Gasteiger partial charge is 0.267 e. The van der Waals surface area contributed by atoms with Crippen LogP contribution >= 0.6 is 0 Å². The van der Waals surface area contributed by atoms with Crippen molar-refractivity contribution in [1.82, 2.24) is 34.4 Å². The summed E-state index contributed by atoms with van der Waals surface area (Å²) in [4.78, 5) is 32.5. The predicted octanol–water partition coefficient (Wildman–Crippen LogP) is 0.185. The number of carbonyl (C=O) groups excluding carboxylic acids is 1. The molecule has 0 saturated carbocycles. The lowest BCUT2D eigenvalue weighted by molar-refractivity contribution is -0.132. The normalized spacial score (nSPS) is 14.3. The summed E-state index contributed by atoms with van der Waals surface area (Å²) < 4.78 is 3.08. The number of anilines is 1. The van der Waals surface area contributed by atoms with Crippen LogP contribution in [0.5, 0.6) is 0 Å². The minimum Gasteiger partial charge on any atom is -0.352 e. The fourth-order valence-corrected chi connectivity index (χ4v) is 3.31. The maximum atomic E-state index is 12.6. The molecule has 0 radical (unpaired) electrons. The predicted molar refractivity (Wildman–Crippen MR) is 106 cm³/mol. The fraction of sp³-hybridized carbons (Fsp3) is 0.368. The molecule has 1 aliphatic rings. The molecule has 1 aliphatic heterocycles. The van der Waals surface area contributed by atoms with Crippen LogP contribution in [0, 0.1) is 13.8 Å². The first-order chi connectivity index (χ1) is 14.0. The van der Waals surface area contributed by atoms with Crippen LogP contribution in [0.15, 0.2) is 41.5 Å². The zero-order valence-electron chi connectivity index (χ0n) is 16.4. The molecule has 0 N–H and O–H groups in total. The zero-order valence-corrected chi connectivity index (χ0v) is 16.4. The van der Waals surface area contributed by atoms with E-state index < -0.39 is 0 Å². The van der Waals surface area contributed by atoms with Gasteiger partial charge in [-0.25, -0.2) is 9.67 Å². The van der Waals surface area contributed by atoms with Gasteiger partial charge in [0.15, 0.2) is 11.6 Å². The maximum absolute atomic E-state index is 12.6. The van der Waals surface area contributed by atoms with Gasteiger partial charge in [0, 0.05) is 44.6 Å². The highest BCUT2D eigenvalue weighted by Gasteiger charge is 2.23. The second-order valence-electron chi connectivity index (χ2n) is 6.93. The first-order valence-corrected chi connectivity index (χ1v) is 9.43. The topological polar surface area (TPSA) is 102 Å². The molecular formula is C19H22N8O2. The van der Waals surface area contributed by atoms with Crippen LogP contribution in [-0.2, 0) is 11.3 Å². The third-order valence-electron chi connectivity index (χ3n) is 4.95. The van der Waals surface area contributed by atoms with Crippen molar-refractivity contribution in [2.24, 2.45) is 0 Å². The summed E-state index contributed by atoms with van der Waals surface area (Å²) in [7, 11) is 0. The van der Waals surface area contributed by atoms with Gasteiger partial charge in [-0.1, -0.05) is 0 Å². The SMILES string of the molecule is Cc1ccc(=O)n(CC(=O)N2CCN(c3ccc(-n4ccnc4C)nn3)CC2)n1. The van der Waals surface area contributed by atoms with Crippen LogP contribution in [0.1, 0.15) is 11.5 Å². The maximum Gasteiger partial charge on any atom is 0.267 e. The molecule has 0 aromatic carbocycles. The third kappa shape index (κ3) is 4.00. The lowest BCUT2D eigenvalue weighted by atomic mass is 10.3. The first-order valence-electron chi connectivity index (χ1n) is 9.43. The second-order valence-corrected chi connectivity index (χ2v) is 6.93. The van der Waals surface area contributed by atoms with Gasteiger partial charge >= 0.3 is 0 Å². The number of piperazine rings is 1. The van der Waals surface area contributed by atoms with E-state index in [2.05, 4.69) is 25.2 Å². The molecule has 1 saturated heterocycles. The molecule has 0 aliphatic carbocycles. The number of aryl methyl sites for hydroxylation is 2. The van der Waals surface area contributed by atoms with Crippen LogP contribution in [0.4, 0.5) is 5.82 Å². The summed E-state index contributed by atoms with van der Waals surface area (Å²) in [5.41, 5.74) is 0.432. The molecule has 10 heteroatoms. The van der Waals surface area contributed by atoms with Crippen molar-refractivity contribution in [3.05, 3.63) is 58.5 Å². The number of nitrogens with zero attached hydrogens (tertiary/aromatic N) is 8. The van der Waals surface area contributed by atoms with Crippen LogP contribution in [-0.4, -0.2) is 66.5 Å². The van der Waals surface area contributed by atoms with Gasteiger partial charge in [-0.3, -0.25) is 14.2 Å². The van der Waals surface area contributed by atoms with Gasteiger partial charge in [0.1, 0.15) is 12.4 Å². The molecule has 0 unspecified atom stereocenters. The van der Waals surface area contributed by atoms with Crippen molar-refractivity contribution in [2.75, 3.05) is 31.1 Å². The van der Waals surface area contributed by atoms with Crippen molar-refractivity contribution in [2.45, 2.75) is 20.4 Å². The molecule has 29 heavy (non-hydrogen) atoms. The summed E-state index contributed by atoms with van der Waals surface area (Å²) in [6.07, 6.45) is 3.57. The minimum absolute atomic E-state index is 0.0424. The van der Waals surface area contributed by atoms with Crippen molar-refractivity contribution >= 4 is 11.7 Å². The highest BCUT2D eigenvalue weighted by molar-refractivity contribution is 5.76. The summed E-state index contributed by atoms with van der Waals surface area (Å²) in [5.74, 6) is 2.23. The van der Waals surface area contributed by atoms with Gasteiger partial charge in [-0.2, -0.15) is 5.10 Å². The Labute approximate surface area is 167 Å². The monoisotopic (exact) mass is 394 g/mol. The van der Waals surface area contributed by atoms with Gasteiger partial charge in [0.05, 0.1) is 5.69 Å². The van der Waals surface area contributed by atoms with E-state index in [0.29, 0.717) is 37.7 Å².